The van der Waals surface area contributed by atoms with Gasteiger partial charge in [-0.2, -0.15) is 0 Å². The Morgan fingerprint density at radius 2 is 1.88 bits per heavy atom. The maximum absolute atomic E-state index is 12.0. The summed E-state index contributed by atoms with van der Waals surface area (Å²) in [7, 11) is 1.72. The SMILES string of the molecule is CC(=O)N(C)Cc1cccc(NC(=O)COc2ccc(Cl)c(Cl)c2)c1. The molecule has 0 saturated heterocycles. The number of amides is 2. The van der Waals surface area contributed by atoms with E-state index in [4.69, 9.17) is 27.9 Å². The van der Waals surface area contributed by atoms with Gasteiger partial charge in [0.05, 0.1) is 10.0 Å². The van der Waals surface area contributed by atoms with Crippen molar-refractivity contribution in [1.82, 2.24) is 4.90 Å². The Labute approximate surface area is 156 Å². The lowest BCUT2D eigenvalue weighted by Crippen LogP contribution is -2.23. The van der Waals surface area contributed by atoms with Crippen molar-refractivity contribution in [3.05, 3.63) is 58.1 Å². The van der Waals surface area contributed by atoms with E-state index in [1.165, 1.54) is 6.92 Å². The number of hydrogen-bond acceptors (Lipinski definition) is 3. The summed E-state index contributed by atoms with van der Waals surface area (Å²) in [4.78, 5) is 24.9. The molecule has 0 spiro atoms. The van der Waals surface area contributed by atoms with E-state index in [9.17, 15) is 9.59 Å². The third-order valence-electron chi connectivity index (χ3n) is 3.43. The van der Waals surface area contributed by atoms with Gasteiger partial charge in [-0.3, -0.25) is 9.59 Å². The molecule has 1 N–H and O–H groups in total. The van der Waals surface area contributed by atoms with Crippen molar-refractivity contribution >= 4 is 40.7 Å². The van der Waals surface area contributed by atoms with E-state index in [1.807, 2.05) is 18.2 Å². The lowest BCUT2D eigenvalue weighted by atomic mass is 10.2. The lowest BCUT2D eigenvalue weighted by molar-refractivity contribution is -0.128. The summed E-state index contributed by atoms with van der Waals surface area (Å²) < 4.78 is 5.39. The predicted octanol–water partition coefficient (Wildman–Crippen LogP) is 3.99. The van der Waals surface area contributed by atoms with Gasteiger partial charge in [-0.05, 0) is 29.8 Å². The van der Waals surface area contributed by atoms with Gasteiger partial charge in [0.25, 0.3) is 5.91 Å². The smallest absolute Gasteiger partial charge is 0.262 e. The number of carbonyl (C=O) groups excluding carboxylic acids is 2. The molecule has 132 valence electrons. The monoisotopic (exact) mass is 380 g/mol. The number of hydrogen-bond donors (Lipinski definition) is 1. The van der Waals surface area contributed by atoms with Crippen LogP contribution in [0.2, 0.25) is 10.0 Å². The Morgan fingerprint density at radius 3 is 2.56 bits per heavy atom. The van der Waals surface area contributed by atoms with E-state index in [0.717, 1.165) is 5.56 Å². The second-order valence-corrected chi connectivity index (χ2v) is 6.30. The maximum Gasteiger partial charge on any atom is 0.262 e. The van der Waals surface area contributed by atoms with Gasteiger partial charge in [-0.25, -0.2) is 0 Å². The molecule has 2 amide bonds. The zero-order chi connectivity index (χ0) is 18.4. The Morgan fingerprint density at radius 1 is 1.12 bits per heavy atom. The van der Waals surface area contributed by atoms with E-state index in [-0.39, 0.29) is 18.4 Å². The number of anilines is 1. The van der Waals surface area contributed by atoms with E-state index in [1.54, 1.807) is 36.2 Å². The standard InChI is InChI=1S/C18H18Cl2N2O3/c1-12(23)22(2)10-13-4-3-5-14(8-13)21-18(24)11-25-15-6-7-16(19)17(20)9-15/h3-9H,10-11H2,1-2H3,(H,21,24). The quantitative estimate of drug-likeness (QED) is 0.823. The summed E-state index contributed by atoms with van der Waals surface area (Å²) in [6.45, 7) is 1.82. The first-order valence-corrected chi connectivity index (χ1v) is 8.29. The number of nitrogens with one attached hydrogen (secondary N) is 1. The van der Waals surface area contributed by atoms with Crippen molar-refractivity contribution in [1.29, 1.82) is 0 Å². The van der Waals surface area contributed by atoms with Gasteiger partial charge >= 0.3 is 0 Å². The fourth-order valence-corrected chi connectivity index (χ4v) is 2.33. The molecule has 7 heteroatoms. The molecule has 0 bridgehead atoms. The molecule has 0 aliphatic heterocycles. The van der Waals surface area contributed by atoms with E-state index in [2.05, 4.69) is 5.32 Å². The molecular weight excluding hydrogens is 363 g/mol. The first-order valence-electron chi connectivity index (χ1n) is 7.53. The zero-order valence-corrected chi connectivity index (χ0v) is 15.4. The lowest BCUT2D eigenvalue weighted by Gasteiger charge is -2.15. The van der Waals surface area contributed by atoms with Crippen LogP contribution in [0.5, 0.6) is 5.75 Å². The van der Waals surface area contributed by atoms with Crippen molar-refractivity contribution in [2.45, 2.75) is 13.5 Å². The van der Waals surface area contributed by atoms with E-state index < -0.39 is 0 Å². The normalized spacial score (nSPS) is 10.2. The summed E-state index contributed by atoms with van der Waals surface area (Å²) in [5.41, 5.74) is 1.55. The third-order valence-corrected chi connectivity index (χ3v) is 4.17. The minimum absolute atomic E-state index is 0.0236. The topological polar surface area (TPSA) is 58.6 Å². The largest absolute Gasteiger partial charge is 0.484 e. The van der Waals surface area contributed by atoms with Gasteiger partial charge in [0.1, 0.15) is 5.75 Å². The van der Waals surface area contributed by atoms with Gasteiger partial charge in [-0.1, -0.05) is 35.3 Å². The Kier molecular flexibility index (Phi) is 6.67. The van der Waals surface area contributed by atoms with Gasteiger partial charge in [0, 0.05) is 32.3 Å². The Balaban J connectivity index is 1.91. The molecular formula is C18H18Cl2N2O3. The highest BCUT2D eigenvalue weighted by molar-refractivity contribution is 6.42. The third kappa shape index (κ3) is 5.96. The van der Waals surface area contributed by atoms with Crippen LogP contribution >= 0.6 is 23.2 Å². The molecule has 0 saturated carbocycles. The van der Waals surface area contributed by atoms with Crippen LogP contribution in [-0.4, -0.2) is 30.4 Å². The summed E-state index contributed by atoms with van der Waals surface area (Å²) >= 11 is 11.7. The molecule has 0 aliphatic carbocycles. The highest BCUT2D eigenvalue weighted by Crippen LogP contribution is 2.26. The van der Waals surface area contributed by atoms with Crippen LogP contribution in [0, 0.1) is 0 Å². The van der Waals surface area contributed by atoms with Crippen LogP contribution in [0.25, 0.3) is 0 Å². The number of nitrogens with zero attached hydrogens (tertiary/aromatic N) is 1. The molecule has 0 atom stereocenters. The van der Waals surface area contributed by atoms with Crippen LogP contribution in [0.4, 0.5) is 5.69 Å². The van der Waals surface area contributed by atoms with E-state index >= 15 is 0 Å². The summed E-state index contributed by atoms with van der Waals surface area (Å²) in [6, 6.07) is 12.1. The summed E-state index contributed by atoms with van der Waals surface area (Å²) in [5, 5.41) is 3.54. The molecule has 2 aromatic rings. The average molecular weight is 381 g/mol. The van der Waals surface area contributed by atoms with Crippen molar-refractivity contribution in [3.63, 3.8) is 0 Å². The molecule has 0 aliphatic rings. The fourth-order valence-electron chi connectivity index (χ4n) is 2.05. The number of ether oxygens (including phenoxy) is 1. The maximum atomic E-state index is 12.0. The molecule has 0 unspecified atom stereocenters. The Hall–Kier alpha value is -2.24. The van der Waals surface area contributed by atoms with Crippen molar-refractivity contribution in [3.8, 4) is 5.75 Å². The van der Waals surface area contributed by atoms with Crippen LogP contribution in [-0.2, 0) is 16.1 Å². The van der Waals surface area contributed by atoms with Crippen molar-refractivity contribution in [2.75, 3.05) is 19.0 Å². The first-order chi connectivity index (χ1) is 11.8. The Bertz CT molecular complexity index is 781. The van der Waals surface area contributed by atoms with Gasteiger partial charge in [0.2, 0.25) is 5.91 Å². The average Bonchev–Trinajstić information content (AvgIpc) is 2.56. The van der Waals surface area contributed by atoms with Crippen LogP contribution < -0.4 is 10.1 Å². The number of benzene rings is 2. The van der Waals surface area contributed by atoms with Crippen LogP contribution in [0.3, 0.4) is 0 Å². The highest BCUT2D eigenvalue weighted by Gasteiger charge is 2.08. The number of carbonyl (C=O) groups is 2. The molecule has 25 heavy (non-hydrogen) atoms. The molecule has 2 rings (SSSR count). The minimum atomic E-state index is -0.303. The van der Waals surface area contributed by atoms with Crippen LogP contribution in [0.15, 0.2) is 42.5 Å². The van der Waals surface area contributed by atoms with Gasteiger partial charge < -0.3 is 15.0 Å². The number of halogens is 2. The van der Waals surface area contributed by atoms with Gasteiger partial charge in [0.15, 0.2) is 6.61 Å². The van der Waals surface area contributed by atoms with Crippen molar-refractivity contribution < 1.29 is 14.3 Å². The zero-order valence-electron chi connectivity index (χ0n) is 13.9. The molecule has 0 fully saturated rings. The minimum Gasteiger partial charge on any atom is -0.484 e. The van der Waals surface area contributed by atoms with Gasteiger partial charge in [-0.15, -0.1) is 0 Å². The second-order valence-electron chi connectivity index (χ2n) is 5.49. The molecule has 5 nitrogen and oxygen atoms in total. The summed E-state index contributed by atoms with van der Waals surface area (Å²) in [6.07, 6.45) is 0. The predicted molar refractivity (Wildman–Crippen MR) is 99.2 cm³/mol. The molecule has 2 aromatic carbocycles. The summed E-state index contributed by atoms with van der Waals surface area (Å²) in [5.74, 6) is 0.133. The highest BCUT2D eigenvalue weighted by atomic mass is 35.5. The van der Waals surface area contributed by atoms with Crippen LogP contribution in [0.1, 0.15) is 12.5 Å². The van der Waals surface area contributed by atoms with E-state index in [0.29, 0.717) is 28.0 Å². The second kappa shape index (κ2) is 8.74. The molecule has 0 radical (unpaired) electrons. The molecule has 0 aromatic heterocycles. The fraction of sp³-hybridized carbons (Fsp3) is 0.222. The number of rotatable bonds is 6. The molecule has 0 heterocycles. The van der Waals surface area contributed by atoms with Crippen molar-refractivity contribution in [2.24, 2.45) is 0 Å². The first kappa shape index (κ1) is 19.1.